The number of aliphatic hydroxyl groups excluding tert-OH is 1. The molecule has 0 aliphatic rings. The van der Waals surface area contributed by atoms with Crippen LogP contribution in [-0.4, -0.2) is 71.1 Å². The Balaban J connectivity index is 4.45. The summed E-state index contributed by atoms with van der Waals surface area (Å²) in [4.78, 5) is 46.0. The average molecular weight is 856 g/mol. The molecule has 0 aromatic carbocycles. The summed E-state index contributed by atoms with van der Waals surface area (Å²) in [7, 11) is -4.74. The van der Waals surface area contributed by atoms with E-state index in [2.05, 4.69) is 30.5 Å². The first-order valence-corrected chi connectivity index (χ1v) is 24.3. The van der Waals surface area contributed by atoms with Crippen LogP contribution in [0.3, 0.4) is 0 Å². The number of carbonyl (C=O) groups excluding carboxylic acids is 2. The molecule has 5 N–H and O–H groups in total. The maximum absolute atomic E-state index is 12.6. The Labute approximate surface area is 357 Å². The van der Waals surface area contributed by atoms with Crippen LogP contribution in [0.5, 0.6) is 0 Å². The van der Waals surface area contributed by atoms with E-state index in [1.807, 2.05) is 36.5 Å². The normalized spacial score (nSPS) is 14.7. The molecule has 1 unspecified atom stereocenters. The topological polar surface area (TPSA) is 192 Å². The van der Waals surface area contributed by atoms with E-state index >= 15 is 0 Å². The van der Waals surface area contributed by atoms with E-state index in [0.29, 0.717) is 19.3 Å². The highest BCUT2D eigenvalue weighted by Gasteiger charge is 2.28. The lowest BCUT2D eigenvalue weighted by Gasteiger charge is -2.20. The number of phosphoric acid groups is 1. The molecule has 0 saturated carbocycles. The molecular formula is C46H82NO11P. The van der Waals surface area contributed by atoms with Crippen LogP contribution in [-0.2, 0) is 37.5 Å². The number of nitrogens with two attached hydrogens (primary N) is 1. The Morgan fingerprint density at radius 1 is 0.610 bits per heavy atom. The second kappa shape index (κ2) is 40.8. The van der Waals surface area contributed by atoms with Crippen molar-refractivity contribution >= 4 is 25.7 Å². The molecule has 12 nitrogen and oxygen atoms in total. The van der Waals surface area contributed by atoms with Crippen molar-refractivity contribution in [3.63, 3.8) is 0 Å². The van der Waals surface area contributed by atoms with Gasteiger partial charge in [0.25, 0.3) is 0 Å². The zero-order valence-electron chi connectivity index (χ0n) is 36.7. The summed E-state index contributed by atoms with van der Waals surface area (Å²) in [6, 6.07) is -1.54. The second-order valence-corrected chi connectivity index (χ2v) is 16.8. The monoisotopic (exact) mass is 856 g/mol. The van der Waals surface area contributed by atoms with Crippen molar-refractivity contribution in [1.29, 1.82) is 0 Å². The largest absolute Gasteiger partial charge is 0.480 e. The highest BCUT2D eigenvalue weighted by atomic mass is 31.2. The van der Waals surface area contributed by atoms with Gasteiger partial charge in [-0.25, -0.2) is 4.57 Å². The number of carbonyl (C=O) groups is 3. The minimum atomic E-state index is -4.74. The van der Waals surface area contributed by atoms with Crippen molar-refractivity contribution in [2.45, 2.75) is 205 Å². The summed E-state index contributed by atoms with van der Waals surface area (Å²) in [5.74, 6) is -2.48. The summed E-state index contributed by atoms with van der Waals surface area (Å²) < 4.78 is 32.6. The lowest BCUT2D eigenvalue weighted by Crippen LogP contribution is -2.34. The van der Waals surface area contributed by atoms with Gasteiger partial charge in [-0.05, 0) is 38.5 Å². The number of hydrogen-bond acceptors (Lipinski definition) is 10. The summed E-state index contributed by atoms with van der Waals surface area (Å²) in [5, 5.41) is 18.8. The van der Waals surface area contributed by atoms with E-state index in [0.717, 1.165) is 57.8 Å². The lowest BCUT2D eigenvalue weighted by molar-refractivity contribution is -0.161. The maximum Gasteiger partial charge on any atom is 0.472 e. The SMILES string of the molecule is CCCCCCCCCCCCCCCCCCCC(=O)O[C@H](COC(=O)CCC/C=C\C/C=C\C/C=C\C=C\[C@H](O)CCCCC)COP(=O)(O)OC[C@H](N)C(=O)O. The van der Waals surface area contributed by atoms with E-state index in [9.17, 15) is 28.9 Å². The third kappa shape index (κ3) is 40.6. The Morgan fingerprint density at radius 2 is 1.10 bits per heavy atom. The highest BCUT2D eigenvalue weighted by molar-refractivity contribution is 7.47. The first-order chi connectivity index (χ1) is 28.5. The molecule has 59 heavy (non-hydrogen) atoms. The zero-order valence-corrected chi connectivity index (χ0v) is 37.6. The summed E-state index contributed by atoms with van der Waals surface area (Å²) in [5.41, 5.74) is 5.33. The molecule has 0 fully saturated rings. The van der Waals surface area contributed by atoms with Crippen molar-refractivity contribution in [3.05, 3.63) is 48.6 Å². The standard InChI is InChI=1S/C46H82NO11P/c1-3-5-7-8-9-10-11-12-13-14-15-16-19-23-26-29-33-37-45(50)58-42(39-56-59(53,54)57-40-43(47)46(51)52)38-55-44(49)36-32-28-25-22-20-17-18-21-24-27-31-35-41(48)34-30-6-4-2/h17-18,22,24-25,27,31,35,41-43,48H,3-16,19-21,23,26,28-30,32-34,36-40,47H2,1-2H3,(H,51,52)(H,53,54)/b18-17-,25-22-,27-24-,35-31+/t41-,42-,43+/m1/s1. The molecule has 0 aromatic rings. The molecule has 0 aliphatic carbocycles. The van der Waals surface area contributed by atoms with Gasteiger partial charge in [0.15, 0.2) is 6.10 Å². The predicted molar refractivity (Wildman–Crippen MR) is 237 cm³/mol. The molecule has 0 radical (unpaired) electrons. The van der Waals surface area contributed by atoms with Crippen LogP contribution in [0.25, 0.3) is 0 Å². The van der Waals surface area contributed by atoms with Gasteiger partial charge in [0.05, 0.1) is 19.3 Å². The number of phosphoric ester groups is 1. The van der Waals surface area contributed by atoms with Crippen molar-refractivity contribution in [2.75, 3.05) is 19.8 Å². The molecule has 0 bridgehead atoms. The van der Waals surface area contributed by atoms with E-state index in [4.69, 9.17) is 24.8 Å². The minimum absolute atomic E-state index is 0.126. The Morgan fingerprint density at radius 3 is 1.68 bits per heavy atom. The van der Waals surface area contributed by atoms with Crippen LogP contribution in [0.2, 0.25) is 0 Å². The number of unbranched alkanes of at least 4 members (excludes halogenated alkanes) is 19. The zero-order chi connectivity index (χ0) is 43.7. The number of hydrogen-bond donors (Lipinski definition) is 4. The van der Waals surface area contributed by atoms with Gasteiger partial charge in [0, 0.05) is 12.8 Å². The molecule has 0 aromatic heterocycles. The molecule has 0 saturated heterocycles. The summed E-state index contributed by atoms with van der Waals surface area (Å²) in [6.07, 6.45) is 42.2. The molecule has 0 aliphatic heterocycles. The Hall–Kier alpha value is -2.60. The predicted octanol–water partition coefficient (Wildman–Crippen LogP) is 11.1. The molecule has 13 heteroatoms. The van der Waals surface area contributed by atoms with Crippen LogP contribution < -0.4 is 5.73 Å². The minimum Gasteiger partial charge on any atom is -0.480 e. The quantitative estimate of drug-likeness (QED) is 0.0150. The highest BCUT2D eigenvalue weighted by Crippen LogP contribution is 2.43. The van der Waals surface area contributed by atoms with Crippen LogP contribution in [0.4, 0.5) is 0 Å². The third-order valence-electron chi connectivity index (χ3n) is 9.68. The van der Waals surface area contributed by atoms with E-state index in [1.54, 1.807) is 0 Å². The van der Waals surface area contributed by atoms with Crippen LogP contribution >= 0.6 is 7.82 Å². The first kappa shape index (κ1) is 56.4. The van der Waals surface area contributed by atoms with Crippen molar-refractivity contribution in [3.8, 4) is 0 Å². The van der Waals surface area contributed by atoms with E-state index < -0.39 is 57.2 Å². The van der Waals surface area contributed by atoms with Crippen molar-refractivity contribution in [2.24, 2.45) is 5.73 Å². The number of aliphatic hydroxyl groups is 1. The van der Waals surface area contributed by atoms with E-state index in [-0.39, 0.29) is 19.4 Å². The number of rotatable bonds is 42. The fourth-order valence-corrected chi connectivity index (χ4v) is 6.83. The van der Waals surface area contributed by atoms with Crippen LogP contribution in [0, 0.1) is 0 Å². The molecule has 0 spiro atoms. The fourth-order valence-electron chi connectivity index (χ4n) is 6.05. The molecule has 342 valence electrons. The maximum atomic E-state index is 12.6. The molecule has 4 atom stereocenters. The number of carboxylic acids is 1. The Bertz CT molecular complexity index is 1210. The van der Waals surface area contributed by atoms with Gasteiger partial charge < -0.3 is 30.3 Å². The first-order valence-electron chi connectivity index (χ1n) is 22.8. The Kier molecular flexibility index (Phi) is 39.0. The van der Waals surface area contributed by atoms with Crippen LogP contribution in [0.1, 0.15) is 187 Å². The second-order valence-electron chi connectivity index (χ2n) is 15.4. The van der Waals surface area contributed by atoms with Crippen molar-refractivity contribution in [1.82, 2.24) is 0 Å². The van der Waals surface area contributed by atoms with Gasteiger partial charge in [-0.2, -0.15) is 0 Å². The number of carboxylic acid groups (broad SMARTS) is 1. The number of esters is 2. The molecule has 0 amide bonds. The van der Waals surface area contributed by atoms with Gasteiger partial charge in [0.1, 0.15) is 12.6 Å². The third-order valence-corrected chi connectivity index (χ3v) is 10.6. The summed E-state index contributed by atoms with van der Waals surface area (Å²) in [6.45, 7) is 2.63. The van der Waals surface area contributed by atoms with Gasteiger partial charge in [-0.3, -0.25) is 23.4 Å². The summed E-state index contributed by atoms with van der Waals surface area (Å²) >= 11 is 0. The van der Waals surface area contributed by atoms with Gasteiger partial charge in [0.2, 0.25) is 0 Å². The average Bonchev–Trinajstić information content (AvgIpc) is 3.20. The van der Waals surface area contributed by atoms with Gasteiger partial charge in [-0.15, -0.1) is 0 Å². The molecular weight excluding hydrogens is 773 g/mol. The van der Waals surface area contributed by atoms with Gasteiger partial charge >= 0.3 is 25.7 Å². The number of aliphatic carboxylic acids is 1. The number of allylic oxidation sites excluding steroid dienone is 7. The number of ether oxygens (including phenoxy) is 2. The molecule has 0 heterocycles. The van der Waals surface area contributed by atoms with Crippen LogP contribution in [0.15, 0.2) is 48.6 Å². The van der Waals surface area contributed by atoms with Crippen molar-refractivity contribution < 1.29 is 52.6 Å². The fraction of sp³-hybridized carbons (Fsp3) is 0.761. The van der Waals surface area contributed by atoms with Gasteiger partial charge in [-0.1, -0.05) is 184 Å². The van der Waals surface area contributed by atoms with E-state index in [1.165, 1.54) is 83.5 Å². The molecule has 0 rings (SSSR count). The smallest absolute Gasteiger partial charge is 0.472 e. The lowest BCUT2D eigenvalue weighted by atomic mass is 10.0.